The van der Waals surface area contributed by atoms with Crippen molar-refractivity contribution in [1.82, 2.24) is 4.98 Å². The van der Waals surface area contributed by atoms with Crippen molar-refractivity contribution in [2.45, 2.75) is 0 Å². The van der Waals surface area contributed by atoms with Crippen LogP contribution in [0.2, 0.25) is 0 Å². The number of nitrogens with zero attached hydrogens (tertiary/aromatic N) is 1. The average Bonchev–Trinajstić information content (AvgIpc) is 2.19. The molecule has 1 heterocycles. The van der Waals surface area contributed by atoms with Crippen LogP contribution < -0.4 is 4.89 Å². The van der Waals surface area contributed by atoms with Crippen molar-refractivity contribution in [2.75, 3.05) is 7.11 Å². The van der Waals surface area contributed by atoms with Crippen molar-refractivity contribution < 1.29 is 9.78 Å². The topological polar surface area (TPSA) is 31.4 Å². The summed E-state index contributed by atoms with van der Waals surface area (Å²) in [5.41, 5.74) is 0. The Balaban J connectivity index is 2.50. The Bertz CT molecular complexity index is 140. The fraction of sp³-hybridized carbons (Fsp3) is 0.250. The molecule has 1 aromatic rings. The lowest BCUT2D eigenvalue weighted by molar-refractivity contribution is -0.178. The van der Waals surface area contributed by atoms with Crippen LogP contribution in [0.25, 0.3) is 0 Å². The van der Waals surface area contributed by atoms with E-state index in [1.807, 2.05) is 5.38 Å². The van der Waals surface area contributed by atoms with Crippen molar-refractivity contribution in [3.8, 4) is 5.19 Å². The second kappa shape index (κ2) is 2.64. The van der Waals surface area contributed by atoms with E-state index < -0.39 is 0 Å². The molecule has 8 heavy (non-hydrogen) atoms. The molecule has 0 saturated carbocycles. The van der Waals surface area contributed by atoms with E-state index in [0.717, 1.165) is 0 Å². The minimum Gasteiger partial charge on any atom is -0.305 e. The van der Waals surface area contributed by atoms with Crippen molar-refractivity contribution in [1.29, 1.82) is 0 Å². The zero-order chi connectivity index (χ0) is 5.82. The molecule has 0 saturated heterocycles. The van der Waals surface area contributed by atoms with E-state index in [-0.39, 0.29) is 0 Å². The zero-order valence-electron chi connectivity index (χ0n) is 4.33. The maximum absolute atomic E-state index is 4.55. The number of hydrogen-bond donors (Lipinski definition) is 0. The maximum Gasteiger partial charge on any atom is 0.312 e. The largest absolute Gasteiger partial charge is 0.312 e. The van der Waals surface area contributed by atoms with Crippen LogP contribution in [0, 0.1) is 0 Å². The third-order valence-electron chi connectivity index (χ3n) is 0.564. The predicted octanol–water partition coefficient (Wildman–Crippen LogP) is 1.08. The van der Waals surface area contributed by atoms with Gasteiger partial charge in [-0.25, -0.2) is 4.98 Å². The Hall–Kier alpha value is -0.610. The summed E-state index contributed by atoms with van der Waals surface area (Å²) >= 11 is 1.39. The molecular weight excluding hydrogens is 126 g/mol. The van der Waals surface area contributed by atoms with Gasteiger partial charge in [0.25, 0.3) is 0 Å². The van der Waals surface area contributed by atoms with Crippen LogP contribution in [0.4, 0.5) is 0 Å². The molecule has 0 unspecified atom stereocenters. The second-order valence-electron chi connectivity index (χ2n) is 1.05. The van der Waals surface area contributed by atoms with Gasteiger partial charge in [-0.15, -0.1) is 0 Å². The number of aromatic nitrogens is 1. The molecule has 0 radical (unpaired) electrons. The van der Waals surface area contributed by atoms with E-state index in [0.29, 0.717) is 5.19 Å². The molecule has 0 amide bonds. The summed E-state index contributed by atoms with van der Waals surface area (Å²) in [4.78, 5) is 12.7. The first-order chi connectivity index (χ1) is 3.93. The van der Waals surface area contributed by atoms with E-state index in [9.17, 15) is 0 Å². The molecule has 0 aliphatic rings. The van der Waals surface area contributed by atoms with Gasteiger partial charge in [-0.2, -0.15) is 4.89 Å². The average molecular weight is 131 g/mol. The van der Waals surface area contributed by atoms with Crippen molar-refractivity contribution in [3.63, 3.8) is 0 Å². The first kappa shape index (κ1) is 5.53. The van der Waals surface area contributed by atoms with Gasteiger partial charge in [0.2, 0.25) is 0 Å². The van der Waals surface area contributed by atoms with Gasteiger partial charge in [-0.05, 0) is 0 Å². The Morgan fingerprint density at radius 3 is 3.12 bits per heavy atom. The smallest absolute Gasteiger partial charge is 0.305 e. The molecule has 3 nitrogen and oxygen atoms in total. The molecule has 1 rings (SSSR count). The fourth-order valence-corrected chi connectivity index (χ4v) is 0.790. The number of thiazole rings is 1. The minimum atomic E-state index is 0.535. The van der Waals surface area contributed by atoms with Gasteiger partial charge >= 0.3 is 5.19 Å². The summed E-state index contributed by atoms with van der Waals surface area (Å²) in [5, 5.41) is 2.35. The lowest BCUT2D eigenvalue weighted by Gasteiger charge is -1.89. The molecular formula is C4H5NO2S. The van der Waals surface area contributed by atoms with E-state index in [1.54, 1.807) is 6.20 Å². The van der Waals surface area contributed by atoms with Gasteiger partial charge in [0.05, 0.1) is 7.11 Å². The Morgan fingerprint density at radius 2 is 2.62 bits per heavy atom. The highest BCUT2D eigenvalue weighted by Crippen LogP contribution is 2.12. The highest BCUT2D eigenvalue weighted by Gasteiger charge is 1.90. The second-order valence-corrected chi connectivity index (χ2v) is 1.91. The van der Waals surface area contributed by atoms with Crippen LogP contribution in [0.1, 0.15) is 0 Å². The van der Waals surface area contributed by atoms with E-state index in [1.165, 1.54) is 18.4 Å². The molecule has 0 bridgehead atoms. The van der Waals surface area contributed by atoms with Crippen LogP contribution in [-0.4, -0.2) is 12.1 Å². The molecule has 0 fully saturated rings. The molecule has 0 atom stereocenters. The predicted molar refractivity (Wildman–Crippen MR) is 29.8 cm³/mol. The van der Waals surface area contributed by atoms with Crippen LogP contribution in [0.3, 0.4) is 0 Å². The molecule has 0 N–H and O–H groups in total. The van der Waals surface area contributed by atoms with Crippen molar-refractivity contribution in [3.05, 3.63) is 11.6 Å². The molecule has 4 heteroatoms. The van der Waals surface area contributed by atoms with Crippen LogP contribution >= 0.6 is 11.3 Å². The minimum absolute atomic E-state index is 0.535. The van der Waals surface area contributed by atoms with Gasteiger partial charge in [-0.1, -0.05) is 11.3 Å². The summed E-state index contributed by atoms with van der Waals surface area (Å²) in [6, 6.07) is 0. The SMILES string of the molecule is COOc1nccs1. The van der Waals surface area contributed by atoms with Gasteiger partial charge in [-0.3, -0.25) is 0 Å². The summed E-state index contributed by atoms with van der Waals surface area (Å²) < 4.78 is 0. The highest BCUT2D eigenvalue weighted by molar-refractivity contribution is 7.11. The van der Waals surface area contributed by atoms with Crippen molar-refractivity contribution in [2.24, 2.45) is 0 Å². The highest BCUT2D eigenvalue weighted by atomic mass is 32.1. The Labute approximate surface area is 50.8 Å². The van der Waals surface area contributed by atoms with Gasteiger partial charge in [0, 0.05) is 11.6 Å². The first-order valence-corrected chi connectivity index (χ1v) is 2.91. The monoisotopic (exact) mass is 131 g/mol. The summed E-state index contributed by atoms with van der Waals surface area (Å²) in [5.74, 6) is 0. The summed E-state index contributed by atoms with van der Waals surface area (Å²) in [6.45, 7) is 0. The van der Waals surface area contributed by atoms with Crippen LogP contribution in [0.5, 0.6) is 5.19 Å². The van der Waals surface area contributed by atoms with Gasteiger partial charge in [0.15, 0.2) is 0 Å². The maximum atomic E-state index is 4.55. The summed E-state index contributed by atoms with van der Waals surface area (Å²) in [7, 11) is 1.45. The lowest BCUT2D eigenvalue weighted by atomic mass is 11.0. The molecule has 0 aromatic carbocycles. The van der Waals surface area contributed by atoms with Crippen LogP contribution in [0.15, 0.2) is 11.6 Å². The van der Waals surface area contributed by atoms with Crippen molar-refractivity contribution >= 4 is 11.3 Å². The van der Waals surface area contributed by atoms with E-state index in [2.05, 4.69) is 14.8 Å². The molecule has 0 aliphatic carbocycles. The summed E-state index contributed by atoms with van der Waals surface area (Å²) in [6.07, 6.45) is 1.65. The Kier molecular flexibility index (Phi) is 1.82. The van der Waals surface area contributed by atoms with Crippen LogP contribution in [-0.2, 0) is 4.89 Å². The third-order valence-corrected chi connectivity index (χ3v) is 1.20. The van der Waals surface area contributed by atoms with E-state index >= 15 is 0 Å². The molecule has 1 aromatic heterocycles. The number of rotatable bonds is 2. The van der Waals surface area contributed by atoms with Gasteiger partial charge < -0.3 is 4.89 Å². The number of hydrogen-bond acceptors (Lipinski definition) is 4. The third kappa shape index (κ3) is 1.18. The lowest BCUT2D eigenvalue weighted by Crippen LogP contribution is -1.87. The fourth-order valence-electron chi connectivity index (χ4n) is 0.323. The Morgan fingerprint density at radius 1 is 1.75 bits per heavy atom. The quantitative estimate of drug-likeness (QED) is 0.444. The standard InChI is InChI=1S/C4H5NO2S/c1-6-7-4-5-2-3-8-4/h2-3H,1H3. The zero-order valence-corrected chi connectivity index (χ0v) is 5.14. The molecule has 0 spiro atoms. The molecule has 0 aliphatic heterocycles. The van der Waals surface area contributed by atoms with E-state index in [4.69, 9.17) is 0 Å². The normalized spacial score (nSPS) is 9.12. The first-order valence-electron chi connectivity index (χ1n) is 2.03. The van der Waals surface area contributed by atoms with Gasteiger partial charge in [0.1, 0.15) is 0 Å². The molecule has 44 valence electrons.